The van der Waals surface area contributed by atoms with Crippen LogP contribution in [0.15, 0.2) is 24.3 Å². The molecule has 0 aliphatic carbocycles. The fourth-order valence-electron chi connectivity index (χ4n) is 2.60. The van der Waals surface area contributed by atoms with Crippen molar-refractivity contribution in [3.05, 3.63) is 34.9 Å². The molecule has 1 aliphatic heterocycles. The van der Waals surface area contributed by atoms with E-state index < -0.39 is 0 Å². The first-order valence-corrected chi connectivity index (χ1v) is 7.30. The highest BCUT2D eigenvalue weighted by Crippen LogP contribution is 2.25. The van der Waals surface area contributed by atoms with Crippen molar-refractivity contribution >= 4 is 11.6 Å². The van der Waals surface area contributed by atoms with E-state index in [-0.39, 0.29) is 0 Å². The maximum atomic E-state index is 6.27. The quantitative estimate of drug-likeness (QED) is 0.868. The average molecular weight is 283 g/mol. The Labute approximate surface area is 120 Å². The smallest absolute Gasteiger partial charge is 0.0622 e. The van der Waals surface area contributed by atoms with Gasteiger partial charge >= 0.3 is 0 Å². The summed E-state index contributed by atoms with van der Waals surface area (Å²) in [7, 11) is 4.17. The zero-order chi connectivity index (χ0) is 13.7. The molecule has 106 valence electrons. The van der Waals surface area contributed by atoms with Gasteiger partial charge < -0.3 is 15.0 Å². The van der Waals surface area contributed by atoms with E-state index in [1.807, 2.05) is 25.2 Å². The summed E-state index contributed by atoms with van der Waals surface area (Å²) in [6.45, 7) is 2.81. The van der Waals surface area contributed by atoms with Crippen LogP contribution in [0.2, 0.25) is 5.02 Å². The van der Waals surface area contributed by atoms with E-state index in [1.165, 1.54) is 5.56 Å². The maximum Gasteiger partial charge on any atom is 0.0622 e. The Morgan fingerprint density at radius 1 is 1.47 bits per heavy atom. The van der Waals surface area contributed by atoms with Crippen molar-refractivity contribution in [1.82, 2.24) is 10.2 Å². The molecule has 0 bridgehead atoms. The Hall–Kier alpha value is -0.610. The van der Waals surface area contributed by atoms with Gasteiger partial charge in [0.15, 0.2) is 0 Å². The number of hydrogen-bond donors (Lipinski definition) is 1. The molecule has 0 radical (unpaired) electrons. The minimum Gasteiger partial charge on any atom is -0.380 e. The van der Waals surface area contributed by atoms with E-state index in [0.29, 0.717) is 12.1 Å². The number of ether oxygens (including phenoxy) is 1. The topological polar surface area (TPSA) is 24.5 Å². The molecular formula is C15H23ClN2O. The van der Waals surface area contributed by atoms with Crippen molar-refractivity contribution in [1.29, 1.82) is 0 Å². The molecule has 1 heterocycles. The van der Waals surface area contributed by atoms with E-state index in [9.17, 15) is 0 Å². The fraction of sp³-hybridized carbons (Fsp3) is 0.600. The summed E-state index contributed by atoms with van der Waals surface area (Å²) in [5.41, 5.74) is 1.18. The molecule has 0 amide bonds. The van der Waals surface area contributed by atoms with Crippen LogP contribution in [0, 0.1) is 0 Å². The number of nitrogens with one attached hydrogen (secondary N) is 1. The van der Waals surface area contributed by atoms with Crippen LogP contribution in [-0.4, -0.2) is 44.8 Å². The summed E-state index contributed by atoms with van der Waals surface area (Å²) in [6, 6.07) is 8.95. The summed E-state index contributed by atoms with van der Waals surface area (Å²) in [6.07, 6.45) is 2.19. The molecule has 1 aromatic carbocycles. The van der Waals surface area contributed by atoms with E-state index in [1.54, 1.807) is 0 Å². The van der Waals surface area contributed by atoms with E-state index in [2.05, 4.69) is 23.3 Å². The van der Waals surface area contributed by atoms with Gasteiger partial charge in [0, 0.05) is 30.3 Å². The monoisotopic (exact) mass is 282 g/mol. The first-order chi connectivity index (χ1) is 9.22. The standard InChI is InChI=1S/C15H23ClN2O/c1-17-15(13-5-3-4-6-14(13)16)7-9-18(2)12-8-10-19-11-12/h3-6,12,15,17H,7-11H2,1-2H3. The normalized spacial score (nSPS) is 20.9. The molecular weight excluding hydrogens is 260 g/mol. The second-order valence-electron chi connectivity index (χ2n) is 5.15. The van der Waals surface area contributed by atoms with Gasteiger partial charge in [-0.3, -0.25) is 0 Å². The van der Waals surface area contributed by atoms with Gasteiger partial charge in [-0.1, -0.05) is 29.8 Å². The van der Waals surface area contributed by atoms with Crippen molar-refractivity contribution < 1.29 is 4.74 Å². The van der Waals surface area contributed by atoms with Crippen LogP contribution in [0.1, 0.15) is 24.4 Å². The zero-order valence-corrected chi connectivity index (χ0v) is 12.5. The third-order valence-corrected chi connectivity index (χ3v) is 4.27. The fourth-order valence-corrected chi connectivity index (χ4v) is 2.87. The average Bonchev–Trinajstić information content (AvgIpc) is 2.95. The van der Waals surface area contributed by atoms with Crippen LogP contribution < -0.4 is 5.32 Å². The highest BCUT2D eigenvalue weighted by Gasteiger charge is 2.21. The summed E-state index contributed by atoms with van der Waals surface area (Å²) >= 11 is 6.27. The molecule has 2 rings (SSSR count). The van der Waals surface area contributed by atoms with E-state index >= 15 is 0 Å². The van der Waals surface area contributed by atoms with E-state index in [4.69, 9.17) is 16.3 Å². The first-order valence-electron chi connectivity index (χ1n) is 6.92. The van der Waals surface area contributed by atoms with Gasteiger partial charge in [-0.15, -0.1) is 0 Å². The van der Waals surface area contributed by atoms with Crippen LogP contribution in [-0.2, 0) is 4.74 Å². The van der Waals surface area contributed by atoms with Crippen molar-refractivity contribution in [2.24, 2.45) is 0 Å². The molecule has 1 saturated heterocycles. The molecule has 0 aromatic heterocycles. The second-order valence-corrected chi connectivity index (χ2v) is 5.56. The van der Waals surface area contributed by atoms with Gasteiger partial charge in [0.05, 0.1) is 6.61 Å². The molecule has 1 aromatic rings. The van der Waals surface area contributed by atoms with Crippen LogP contribution >= 0.6 is 11.6 Å². The molecule has 0 spiro atoms. The lowest BCUT2D eigenvalue weighted by Crippen LogP contribution is -2.34. The Morgan fingerprint density at radius 3 is 2.89 bits per heavy atom. The molecule has 2 unspecified atom stereocenters. The lowest BCUT2D eigenvalue weighted by molar-refractivity contribution is 0.157. The zero-order valence-electron chi connectivity index (χ0n) is 11.7. The molecule has 19 heavy (non-hydrogen) atoms. The number of hydrogen-bond acceptors (Lipinski definition) is 3. The summed E-state index contributed by atoms with van der Waals surface area (Å²) < 4.78 is 5.44. The lowest BCUT2D eigenvalue weighted by Gasteiger charge is -2.26. The molecule has 0 saturated carbocycles. The SMILES string of the molecule is CNC(CCN(C)C1CCOC1)c1ccccc1Cl. The summed E-state index contributed by atoms with van der Waals surface area (Å²) in [5, 5.41) is 4.20. The Kier molecular flexibility index (Phi) is 5.64. The van der Waals surface area contributed by atoms with Gasteiger partial charge in [-0.05, 0) is 38.6 Å². The molecule has 1 fully saturated rings. The van der Waals surface area contributed by atoms with Crippen LogP contribution in [0.4, 0.5) is 0 Å². The minimum atomic E-state index is 0.304. The second kappa shape index (κ2) is 7.25. The van der Waals surface area contributed by atoms with Crippen molar-refractivity contribution in [2.75, 3.05) is 33.9 Å². The lowest BCUT2D eigenvalue weighted by atomic mass is 10.0. The number of nitrogens with zero attached hydrogens (tertiary/aromatic N) is 1. The molecule has 1 aliphatic rings. The highest BCUT2D eigenvalue weighted by molar-refractivity contribution is 6.31. The third kappa shape index (κ3) is 3.93. The maximum absolute atomic E-state index is 6.27. The van der Waals surface area contributed by atoms with Gasteiger partial charge in [0.2, 0.25) is 0 Å². The minimum absolute atomic E-state index is 0.304. The van der Waals surface area contributed by atoms with Crippen LogP contribution in [0.5, 0.6) is 0 Å². The third-order valence-electron chi connectivity index (χ3n) is 3.93. The number of halogens is 1. The highest BCUT2D eigenvalue weighted by atomic mass is 35.5. The van der Waals surface area contributed by atoms with Gasteiger partial charge in [-0.2, -0.15) is 0 Å². The van der Waals surface area contributed by atoms with Crippen molar-refractivity contribution in [3.63, 3.8) is 0 Å². The first kappa shape index (κ1) is 14.8. The van der Waals surface area contributed by atoms with Crippen LogP contribution in [0.25, 0.3) is 0 Å². The number of rotatable bonds is 6. The Bertz CT molecular complexity index is 393. The molecule has 4 heteroatoms. The molecule has 2 atom stereocenters. The van der Waals surface area contributed by atoms with Gasteiger partial charge in [0.1, 0.15) is 0 Å². The predicted octanol–water partition coefficient (Wildman–Crippen LogP) is 2.71. The summed E-state index contributed by atoms with van der Waals surface area (Å²) in [4.78, 5) is 2.40. The van der Waals surface area contributed by atoms with Gasteiger partial charge in [-0.25, -0.2) is 0 Å². The van der Waals surface area contributed by atoms with E-state index in [0.717, 1.165) is 37.6 Å². The van der Waals surface area contributed by atoms with Crippen molar-refractivity contribution in [2.45, 2.75) is 24.9 Å². The largest absolute Gasteiger partial charge is 0.380 e. The Balaban J connectivity index is 1.90. The number of likely N-dealkylation sites (N-methyl/N-ethyl adjacent to an activating group) is 1. The van der Waals surface area contributed by atoms with Crippen LogP contribution in [0.3, 0.4) is 0 Å². The van der Waals surface area contributed by atoms with Gasteiger partial charge in [0.25, 0.3) is 0 Å². The number of benzene rings is 1. The summed E-state index contributed by atoms with van der Waals surface area (Å²) in [5.74, 6) is 0. The Morgan fingerprint density at radius 2 is 2.26 bits per heavy atom. The molecule has 3 nitrogen and oxygen atoms in total. The molecule has 1 N–H and O–H groups in total. The van der Waals surface area contributed by atoms with Crippen molar-refractivity contribution in [3.8, 4) is 0 Å². The predicted molar refractivity (Wildman–Crippen MR) is 79.7 cm³/mol.